The van der Waals surface area contributed by atoms with E-state index in [-0.39, 0.29) is 11.7 Å². The summed E-state index contributed by atoms with van der Waals surface area (Å²) in [4.78, 5) is 19.8. The monoisotopic (exact) mass is 365 g/mol. The smallest absolute Gasteiger partial charge is 0.234 e. The fourth-order valence-electron chi connectivity index (χ4n) is 2.54. The number of nitrogens with zero attached hydrogens (tertiary/aromatic N) is 5. The van der Waals surface area contributed by atoms with E-state index in [1.165, 1.54) is 11.8 Å². The largest absolute Gasteiger partial charge is 0.342 e. The molecule has 0 saturated heterocycles. The molecule has 8 nitrogen and oxygen atoms in total. The number of tetrazole rings is 1. The number of thioether (sulfide) groups is 1. The number of H-pyrrole nitrogens is 1. The molecule has 0 saturated carbocycles. The number of hydrogen-bond acceptors (Lipinski definition) is 6. The van der Waals surface area contributed by atoms with Gasteiger partial charge in [-0.3, -0.25) is 4.79 Å². The van der Waals surface area contributed by atoms with E-state index in [2.05, 4.69) is 30.8 Å². The third kappa shape index (κ3) is 3.42. The Morgan fingerprint density at radius 3 is 2.92 bits per heavy atom. The average Bonchev–Trinajstić information content (AvgIpc) is 3.25. The van der Waals surface area contributed by atoms with E-state index in [0.717, 1.165) is 28.2 Å². The van der Waals surface area contributed by atoms with Gasteiger partial charge in [0.15, 0.2) is 0 Å². The molecule has 0 fully saturated rings. The van der Waals surface area contributed by atoms with Gasteiger partial charge < -0.3 is 10.3 Å². The minimum atomic E-state index is -0.131. The number of carbonyl (C=O) groups is 1. The first-order chi connectivity index (χ1) is 12.7. The second kappa shape index (κ2) is 6.96. The molecule has 0 aliphatic heterocycles. The standard InChI is InChI=1S/C17H15N7OS/c1-11-18-14-8-7-12(9-15(14)19-11)20-16(25)10-26-17-21-22-23-24(17)13-5-3-2-4-6-13/h2-9H,10H2,1H3,(H,18,19)(H,20,25). The SMILES string of the molecule is Cc1nc2ccc(NC(=O)CSc3nnnn3-c3ccccc3)cc2[nH]1. The lowest BCUT2D eigenvalue weighted by atomic mass is 10.3. The van der Waals surface area contributed by atoms with Crippen LogP contribution in [0.3, 0.4) is 0 Å². The number of aryl methyl sites for hydroxylation is 1. The second-order valence-electron chi connectivity index (χ2n) is 5.60. The Morgan fingerprint density at radius 2 is 2.08 bits per heavy atom. The summed E-state index contributed by atoms with van der Waals surface area (Å²) in [6, 6.07) is 15.1. The van der Waals surface area contributed by atoms with E-state index in [4.69, 9.17) is 0 Å². The Kier molecular flexibility index (Phi) is 4.36. The lowest BCUT2D eigenvalue weighted by molar-refractivity contribution is -0.113. The van der Waals surface area contributed by atoms with E-state index in [9.17, 15) is 4.79 Å². The topological polar surface area (TPSA) is 101 Å². The van der Waals surface area contributed by atoms with Gasteiger partial charge in [-0.1, -0.05) is 30.0 Å². The Labute approximate surface area is 153 Å². The molecule has 0 radical (unpaired) electrons. The van der Waals surface area contributed by atoms with E-state index < -0.39 is 0 Å². The maximum atomic E-state index is 12.3. The van der Waals surface area contributed by atoms with Crippen LogP contribution in [-0.4, -0.2) is 41.8 Å². The molecule has 2 heterocycles. The fourth-order valence-corrected chi connectivity index (χ4v) is 3.23. The summed E-state index contributed by atoms with van der Waals surface area (Å²) in [6.07, 6.45) is 0. The minimum Gasteiger partial charge on any atom is -0.342 e. The third-order valence-electron chi connectivity index (χ3n) is 3.66. The molecule has 130 valence electrons. The number of benzene rings is 2. The number of aromatic nitrogens is 6. The van der Waals surface area contributed by atoms with Crippen LogP contribution in [0, 0.1) is 6.92 Å². The zero-order chi connectivity index (χ0) is 17.9. The van der Waals surface area contributed by atoms with Crippen molar-refractivity contribution in [1.29, 1.82) is 0 Å². The molecule has 4 rings (SSSR count). The Bertz CT molecular complexity index is 1060. The minimum absolute atomic E-state index is 0.131. The second-order valence-corrected chi connectivity index (χ2v) is 6.54. The highest BCUT2D eigenvalue weighted by Gasteiger charge is 2.12. The summed E-state index contributed by atoms with van der Waals surface area (Å²) in [6.45, 7) is 1.89. The molecule has 4 aromatic rings. The number of amides is 1. The Morgan fingerprint density at radius 1 is 1.23 bits per heavy atom. The highest BCUT2D eigenvalue weighted by molar-refractivity contribution is 7.99. The third-order valence-corrected chi connectivity index (χ3v) is 4.58. The highest BCUT2D eigenvalue weighted by Crippen LogP contribution is 2.20. The molecule has 9 heteroatoms. The molecule has 0 aliphatic carbocycles. The number of nitrogens with one attached hydrogen (secondary N) is 2. The number of imidazole rings is 1. The fraction of sp³-hybridized carbons (Fsp3) is 0.118. The molecular formula is C17H15N7OS. The molecule has 1 amide bonds. The van der Waals surface area contributed by atoms with Gasteiger partial charge in [0.1, 0.15) is 5.82 Å². The quantitative estimate of drug-likeness (QED) is 0.527. The van der Waals surface area contributed by atoms with Crippen molar-refractivity contribution in [2.75, 3.05) is 11.1 Å². The molecule has 2 N–H and O–H groups in total. The van der Waals surface area contributed by atoms with Crippen molar-refractivity contribution in [3.05, 3.63) is 54.4 Å². The van der Waals surface area contributed by atoms with Crippen LogP contribution in [0.15, 0.2) is 53.7 Å². The summed E-state index contributed by atoms with van der Waals surface area (Å²) in [7, 11) is 0. The molecule has 2 aromatic heterocycles. The van der Waals surface area contributed by atoms with Gasteiger partial charge in [-0.2, -0.15) is 4.68 Å². The van der Waals surface area contributed by atoms with Crippen molar-refractivity contribution >= 4 is 34.4 Å². The van der Waals surface area contributed by atoms with Crippen molar-refractivity contribution in [3.8, 4) is 5.69 Å². The predicted octanol–water partition coefficient (Wildman–Crippen LogP) is 2.58. The molecule has 0 aliphatic rings. The van der Waals surface area contributed by atoms with Crippen molar-refractivity contribution in [2.24, 2.45) is 0 Å². The van der Waals surface area contributed by atoms with Crippen LogP contribution in [0.4, 0.5) is 5.69 Å². The maximum Gasteiger partial charge on any atom is 0.234 e. The van der Waals surface area contributed by atoms with Crippen LogP contribution in [0.2, 0.25) is 0 Å². The molecule has 0 spiro atoms. The normalized spacial score (nSPS) is 11.0. The van der Waals surface area contributed by atoms with E-state index in [1.807, 2.05) is 55.5 Å². The molecule has 0 atom stereocenters. The van der Waals surface area contributed by atoms with Gasteiger partial charge >= 0.3 is 0 Å². The molecular weight excluding hydrogens is 350 g/mol. The van der Waals surface area contributed by atoms with Crippen molar-refractivity contribution < 1.29 is 4.79 Å². The summed E-state index contributed by atoms with van der Waals surface area (Å²) < 4.78 is 1.61. The number of anilines is 1. The van der Waals surface area contributed by atoms with Gasteiger partial charge in [0, 0.05) is 5.69 Å². The summed E-state index contributed by atoms with van der Waals surface area (Å²) in [5, 5.41) is 15.1. The predicted molar refractivity (Wildman–Crippen MR) is 99.3 cm³/mol. The lowest BCUT2D eigenvalue weighted by Gasteiger charge is -2.06. The van der Waals surface area contributed by atoms with Gasteiger partial charge in [-0.05, 0) is 47.7 Å². The Hall–Kier alpha value is -3.20. The number of hydrogen-bond donors (Lipinski definition) is 2. The van der Waals surface area contributed by atoms with Crippen LogP contribution in [0.25, 0.3) is 16.7 Å². The molecule has 0 unspecified atom stereocenters. The van der Waals surface area contributed by atoms with Crippen molar-refractivity contribution in [3.63, 3.8) is 0 Å². The summed E-state index contributed by atoms with van der Waals surface area (Å²) in [5.41, 5.74) is 3.33. The summed E-state index contributed by atoms with van der Waals surface area (Å²) >= 11 is 1.28. The summed E-state index contributed by atoms with van der Waals surface area (Å²) in [5.74, 6) is 0.910. The van der Waals surface area contributed by atoms with Crippen LogP contribution in [0.1, 0.15) is 5.82 Å². The average molecular weight is 365 g/mol. The number of fused-ring (bicyclic) bond motifs is 1. The number of carbonyl (C=O) groups excluding carboxylic acids is 1. The van der Waals surface area contributed by atoms with Gasteiger partial charge in [0.05, 0.1) is 22.5 Å². The molecule has 26 heavy (non-hydrogen) atoms. The first-order valence-corrected chi connectivity index (χ1v) is 8.90. The number of aromatic amines is 1. The lowest BCUT2D eigenvalue weighted by Crippen LogP contribution is -2.14. The van der Waals surface area contributed by atoms with Crippen LogP contribution < -0.4 is 5.32 Å². The first kappa shape index (κ1) is 16.3. The molecule has 2 aromatic carbocycles. The van der Waals surface area contributed by atoms with E-state index >= 15 is 0 Å². The number of rotatable bonds is 5. The van der Waals surface area contributed by atoms with Crippen LogP contribution in [0.5, 0.6) is 0 Å². The zero-order valence-corrected chi connectivity index (χ0v) is 14.7. The van der Waals surface area contributed by atoms with Gasteiger partial charge in [-0.25, -0.2) is 4.98 Å². The maximum absolute atomic E-state index is 12.3. The van der Waals surface area contributed by atoms with Crippen molar-refractivity contribution in [2.45, 2.75) is 12.1 Å². The first-order valence-electron chi connectivity index (χ1n) is 7.92. The number of para-hydroxylation sites is 1. The van der Waals surface area contributed by atoms with Crippen LogP contribution in [-0.2, 0) is 4.79 Å². The Balaban J connectivity index is 1.42. The van der Waals surface area contributed by atoms with Crippen LogP contribution >= 0.6 is 11.8 Å². The van der Waals surface area contributed by atoms with E-state index in [0.29, 0.717) is 5.16 Å². The van der Waals surface area contributed by atoms with Crippen molar-refractivity contribution in [1.82, 2.24) is 30.2 Å². The van der Waals surface area contributed by atoms with Gasteiger partial charge in [0.25, 0.3) is 0 Å². The highest BCUT2D eigenvalue weighted by atomic mass is 32.2. The van der Waals surface area contributed by atoms with Gasteiger partial charge in [0.2, 0.25) is 11.1 Å². The van der Waals surface area contributed by atoms with E-state index in [1.54, 1.807) is 4.68 Å². The molecule has 0 bridgehead atoms. The van der Waals surface area contributed by atoms with Gasteiger partial charge in [-0.15, -0.1) is 5.10 Å². The zero-order valence-electron chi connectivity index (χ0n) is 13.9.